The summed E-state index contributed by atoms with van der Waals surface area (Å²) in [6.45, 7) is 3.92. The zero-order valence-corrected chi connectivity index (χ0v) is 15.0. The molecule has 1 aliphatic heterocycles. The van der Waals surface area contributed by atoms with Gasteiger partial charge in [0.1, 0.15) is 23.0 Å². The number of benzene rings is 1. The number of hydrogen-bond donors (Lipinski definition) is 0. The first kappa shape index (κ1) is 17.6. The molecule has 1 unspecified atom stereocenters. The molecule has 1 atom stereocenters. The van der Waals surface area contributed by atoms with Crippen molar-refractivity contribution in [3.8, 4) is 0 Å². The molecule has 0 radical (unpaired) electrons. The molecule has 5 nitrogen and oxygen atoms in total. The van der Waals surface area contributed by atoms with Crippen LogP contribution in [0.2, 0.25) is 0 Å². The average molecular weight is 370 g/mol. The van der Waals surface area contributed by atoms with E-state index in [0.717, 1.165) is 54.6 Å². The van der Waals surface area contributed by atoms with Crippen LogP contribution >= 0.6 is 0 Å². The van der Waals surface area contributed by atoms with Crippen LogP contribution in [0.15, 0.2) is 36.5 Å². The van der Waals surface area contributed by atoms with Crippen LogP contribution in [0.3, 0.4) is 0 Å². The Balaban J connectivity index is 1.60. The van der Waals surface area contributed by atoms with Gasteiger partial charge in [0.05, 0.1) is 0 Å². The molecule has 1 amide bonds. The predicted molar refractivity (Wildman–Crippen MR) is 97.4 cm³/mol. The molecule has 0 saturated carbocycles. The fourth-order valence-electron chi connectivity index (χ4n) is 3.75. The van der Waals surface area contributed by atoms with Gasteiger partial charge in [-0.15, -0.1) is 0 Å². The van der Waals surface area contributed by atoms with Gasteiger partial charge in [0.2, 0.25) is 0 Å². The van der Waals surface area contributed by atoms with E-state index in [1.807, 2.05) is 12.1 Å². The number of aromatic nitrogens is 3. The summed E-state index contributed by atoms with van der Waals surface area (Å²) in [5.41, 5.74) is 1.74. The highest BCUT2D eigenvalue weighted by molar-refractivity contribution is 5.94. The fourth-order valence-corrected chi connectivity index (χ4v) is 3.75. The highest BCUT2D eigenvalue weighted by Gasteiger charge is 2.31. The normalized spacial score (nSPS) is 17.0. The highest BCUT2D eigenvalue weighted by atomic mass is 19.1. The average Bonchev–Trinajstić information content (AvgIpc) is 3.26. The lowest BCUT2D eigenvalue weighted by Gasteiger charge is -2.17. The molecule has 1 aromatic carbocycles. The lowest BCUT2D eigenvalue weighted by Crippen LogP contribution is -2.29. The molecule has 1 saturated heterocycles. The number of amides is 1. The van der Waals surface area contributed by atoms with Crippen molar-refractivity contribution in [2.24, 2.45) is 0 Å². The number of hydrogen-bond acceptors (Lipinski definition) is 3. The Hall–Kier alpha value is -2.83. The Morgan fingerprint density at radius 3 is 2.78 bits per heavy atom. The lowest BCUT2D eigenvalue weighted by molar-refractivity contribution is 0.0789. The zero-order valence-electron chi connectivity index (χ0n) is 15.0. The molecule has 0 aliphatic carbocycles. The Kier molecular flexibility index (Phi) is 4.59. The summed E-state index contributed by atoms with van der Waals surface area (Å²) in [5, 5.41) is 0. The smallest absolute Gasteiger partial charge is 0.254 e. The number of nitrogens with zero attached hydrogens (tertiary/aromatic N) is 4. The van der Waals surface area contributed by atoms with Gasteiger partial charge >= 0.3 is 0 Å². The fraction of sp³-hybridized carbons (Fsp3) is 0.350. The number of imidazole rings is 1. The quantitative estimate of drug-likeness (QED) is 0.703. The van der Waals surface area contributed by atoms with E-state index in [1.54, 1.807) is 11.1 Å². The molecule has 0 bridgehead atoms. The maximum atomic E-state index is 13.4. The van der Waals surface area contributed by atoms with Gasteiger partial charge in [0, 0.05) is 43.4 Å². The Morgan fingerprint density at radius 2 is 2.04 bits per heavy atom. The van der Waals surface area contributed by atoms with Crippen molar-refractivity contribution in [2.75, 3.05) is 13.1 Å². The summed E-state index contributed by atoms with van der Waals surface area (Å²) in [7, 11) is 0. The summed E-state index contributed by atoms with van der Waals surface area (Å²) < 4.78 is 29.0. The van der Waals surface area contributed by atoms with Crippen LogP contribution in [0.1, 0.15) is 41.9 Å². The topological polar surface area (TPSA) is 51.0 Å². The molecule has 1 fully saturated rings. The first-order valence-corrected chi connectivity index (χ1v) is 9.13. The van der Waals surface area contributed by atoms with Crippen molar-refractivity contribution in [1.82, 2.24) is 19.4 Å². The predicted octanol–water partition coefficient (Wildman–Crippen LogP) is 3.75. The highest BCUT2D eigenvalue weighted by Crippen LogP contribution is 2.30. The van der Waals surface area contributed by atoms with Gasteiger partial charge in [0.25, 0.3) is 5.91 Å². The Bertz CT molecular complexity index is 981. The van der Waals surface area contributed by atoms with Gasteiger partial charge in [0.15, 0.2) is 5.65 Å². The third-order valence-electron chi connectivity index (χ3n) is 4.93. The van der Waals surface area contributed by atoms with Crippen LogP contribution < -0.4 is 0 Å². The van der Waals surface area contributed by atoms with Gasteiger partial charge in [-0.3, -0.25) is 4.79 Å². The van der Waals surface area contributed by atoms with Gasteiger partial charge in [-0.2, -0.15) is 0 Å². The number of halogens is 2. The van der Waals surface area contributed by atoms with Crippen molar-refractivity contribution in [3.63, 3.8) is 0 Å². The first-order valence-electron chi connectivity index (χ1n) is 9.13. The van der Waals surface area contributed by atoms with Crippen molar-refractivity contribution in [3.05, 3.63) is 59.6 Å². The maximum absolute atomic E-state index is 13.4. The van der Waals surface area contributed by atoms with E-state index in [4.69, 9.17) is 4.98 Å². The van der Waals surface area contributed by atoms with Crippen LogP contribution in [0.25, 0.3) is 11.2 Å². The van der Waals surface area contributed by atoms with E-state index in [9.17, 15) is 13.6 Å². The van der Waals surface area contributed by atoms with Gasteiger partial charge in [-0.25, -0.2) is 18.7 Å². The molecular formula is C20H20F2N4O. The van der Waals surface area contributed by atoms with E-state index in [0.29, 0.717) is 13.1 Å². The largest absolute Gasteiger partial charge is 0.338 e. The van der Waals surface area contributed by atoms with E-state index < -0.39 is 11.6 Å². The van der Waals surface area contributed by atoms with Crippen LogP contribution in [0, 0.1) is 11.6 Å². The summed E-state index contributed by atoms with van der Waals surface area (Å²) in [4.78, 5) is 23.5. The van der Waals surface area contributed by atoms with E-state index >= 15 is 0 Å². The molecule has 140 valence electrons. The summed E-state index contributed by atoms with van der Waals surface area (Å²) in [6, 6.07) is 6.72. The Morgan fingerprint density at radius 1 is 1.26 bits per heavy atom. The SMILES string of the molecule is CCCn1c(C2CCN(C(=O)c3cc(F)cc(F)c3)C2)nc2cccnc21. The van der Waals surface area contributed by atoms with Gasteiger partial charge in [-0.1, -0.05) is 6.92 Å². The van der Waals surface area contributed by atoms with Gasteiger partial charge < -0.3 is 9.47 Å². The molecule has 3 heterocycles. The number of carbonyl (C=O) groups is 1. The lowest BCUT2D eigenvalue weighted by atomic mass is 10.1. The molecule has 4 rings (SSSR count). The van der Waals surface area contributed by atoms with Crippen LogP contribution in [0.5, 0.6) is 0 Å². The molecule has 27 heavy (non-hydrogen) atoms. The number of rotatable bonds is 4. The number of pyridine rings is 1. The molecule has 1 aliphatic rings. The van der Waals surface area contributed by atoms with Crippen LogP contribution in [-0.2, 0) is 6.54 Å². The second-order valence-corrected chi connectivity index (χ2v) is 6.86. The second kappa shape index (κ2) is 7.06. The van der Waals surface area contributed by atoms with Gasteiger partial charge in [-0.05, 0) is 37.1 Å². The number of aryl methyl sites for hydroxylation is 1. The molecular weight excluding hydrogens is 350 g/mol. The number of carbonyl (C=O) groups excluding carboxylic acids is 1. The zero-order chi connectivity index (χ0) is 19.0. The molecule has 7 heteroatoms. The number of likely N-dealkylation sites (tertiary alicyclic amines) is 1. The van der Waals surface area contributed by atoms with Crippen molar-refractivity contribution >= 4 is 17.1 Å². The van der Waals surface area contributed by atoms with E-state index in [-0.39, 0.29) is 17.4 Å². The summed E-state index contributed by atoms with van der Waals surface area (Å²) in [6.07, 6.45) is 3.46. The molecule has 0 spiro atoms. The monoisotopic (exact) mass is 370 g/mol. The minimum atomic E-state index is -0.745. The standard InChI is InChI=1S/C20H20F2N4O/c1-2-7-26-18(24-17-4-3-6-23-19(17)26)13-5-8-25(12-13)20(27)14-9-15(21)11-16(22)10-14/h3-4,6,9-11,13H,2,5,7-8,12H2,1H3. The second-order valence-electron chi connectivity index (χ2n) is 6.86. The Labute approximate surface area is 155 Å². The van der Waals surface area contributed by atoms with Crippen LogP contribution in [0.4, 0.5) is 8.78 Å². The minimum absolute atomic E-state index is 0.0388. The van der Waals surface area contributed by atoms with Crippen molar-refractivity contribution in [2.45, 2.75) is 32.2 Å². The van der Waals surface area contributed by atoms with E-state index in [1.165, 1.54) is 0 Å². The van der Waals surface area contributed by atoms with Crippen LogP contribution in [-0.4, -0.2) is 38.4 Å². The summed E-state index contributed by atoms with van der Waals surface area (Å²) in [5.74, 6) is -0.846. The van der Waals surface area contributed by atoms with Crippen molar-refractivity contribution < 1.29 is 13.6 Å². The van der Waals surface area contributed by atoms with E-state index in [2.05, 4.69) is 16.5 Å². The minimum Gasteiger partial charge on any atom is -0.338 e. The molecule has 3 aromatic rings. The molecule has 0 N–H and O–H groups in total. The molecule has 2 aromatic heterocycles. The number of fused-ring (bicyclic) bond motifs is 1. The third-order valence-corrected chi connectivity index (χ3v) is 4.93. The third kappa shape index (κ3) is 3.29. The first-order chi connectivity index (χ1) is 13.1. The summed E-state index contributed by atoms with van der Waals surface area (Å²) >= 11 is 0. The van der Waals surface area contributed by atoms with Crippen molar-refractivity contribution in [1.29, 1.82) is 0 Å². The maximum Gasteiger partial charge on any atom is 0.254 e.